The van der Waals surface area contributed by atoms with Gasteiger partial charge in [0, 0.05) is 31.1 Å². The molecule has 1 N–H and O–H groups in total. The van der Waals surface area contributed by atoms with E-state index >= 15 is 0 Å². The molecule has 0 aromatic carbocycles. The molecule has 1 saturated carbocycles. The summed E-state index contributed by atoms with van der Waals surface area (Å²) in [7, 11) is 1.39. The molecule has 148 valence electrons. The molecule has 0 unspecified atom stereocenters. The predicted molar refractivity (Wildman–Crippen MR) is 101 cm³/mol. The van der Waals surface area contributed by atoms with Gasteiger partial charge in [-0.1, -0.05) is 45.1 Å². The van der Waals surface area contributed by atoms with Gasteiger partial charge < -0.3 is 9.84 Å². The van der Waals surface area contributed by atoms with Gasteiger partial charge in [-0.3, -0.25) is 14.4 Å². The van der Waals surface area contributed by atoms with Crippen molar-refractivity contribution in [1.29, 1.82) is 0 Å². The van der Waals surface area contributed by atoms with Crippen molar-refractivity contribution in [3.63, 3.8) is 0 Å². The number of aliphatic hydroxyl groups is 1. The molecule has 0 radical (unpaired) electrons. The zero-order chi connectivity index (χ0) is 19.4. The van der Waals surface area contributed by atoms with E-state index in [4.69, 9.17) is 0 Å². The smallest absolute Gasteiger partial charge is 0.305 e. The highest BCUT2D eigenvalue weighted by Crippen LogP contribution is 2.34. The van der Waals surface area contributed by atoms with Crippen molar-refractivity contribution >= 4 is 17.5 Å². The Morgan fingerprint density at radius 3 is 2.50 bits per heavy atom. The van der Waals surface area contributed by atoms with Crippen LogP contribution >= 0.6 is 0 Å². The van der Waals surface area contributed by atoms with Gasteiger partial charge in [-0.25, -0.2) is 0 Å². The average Bonchev–Trinajstić information content (AvgIpc) is 2.89. The van der Waals surface area contributed by atoms with Crippen molar-refractivity contribution in [3.8, 4) is 0 Å². The highest BCUT2D eigenvalue weighted by molar-refractivity contribution is 5.90. The lowest BCUT2D eigenvalue weighted by atomic mass is 9.88. The highest BCUT2D eigenvalue weighted by atomic mass is 16.5. The van der Waals surface area contributed by atoms with Gasteiger partial charge in [-0.05, 0) is 25.3 Å². The van der Waals surface area contributed by atoms with E-state index in [9.17, 15) is 19.5 Å². The molecule has 0 bridgehead atoms. The van der Waals surface area contributed by atoms with Crippen LogP contribution in [0.4, 0.5) is 0 Å². The van der Waals surface area contributed by atoms with E-state index in [-0.39, 0.29) is 35.8 Å². The minimum absolute atomic E-state index is 0.0755. The summed E-state index contributed by atoms with van der Waals surface area (Å²) in [5, 5.41) is 10.2. The molecule has 3 atom stereocenters. The van der Waals surface area contributed by atoms with E-state index in [1.54, 1.807) is 12.2 Å². The number of allylic oxidation sites excluding steroid dienone is 1. The SMILES string of the molecule is CCCCCC(=O)C=C[C@H]1[C@H](CCCCCCC(=O)OC)C(=O)C[C@@H]1O. The summed E-state index contributed by atoms with van der Waals surface area (Å²) < 4.78 is 4.61. The molecular weight excluding hydrogens is 332 g/mol. The maximum Gasteiger partial charge on any atom is 0.305 e. The average molecular weight is 366 g/mol. The van der Waals surface area contributed by atoms with E-state index in [0.717, 1.165) is 51.4 Å². The van der Waals surface area contributed by atoms with Gasteiger partial charge in [0.25, 0.3) is 0 Å². The fourth-order valence-corrected chi connectivity index (χ4v) is 3.53. The molecule has 1 rings (SSSR count). The van der Waals surface area contributed by atoms with Gasteiger partial charge >= 0.3 is 5.97 Å². The zero-order valence-corrected chi connectivity index (χ0v) is 16.2. The third-order valence-corrected chi connectivity index (χ3v) is 5.14. The van der Waals surface area contributed by atoms with E-state index in [2.05, 4.69) is 11.7 Å². The number of carbonyl (C=O) groups is 3. The summed E-state index contributed by atoms with van der Waals surface area (Å²) in [4.78, 5) is 35.1. The molecule has 0 aromatic rings. The van der Waals surface area contributed by atoms with E-state index in [1.165, 1.54) is 7.11 Å². The molecule has 0 heterocycles. The summed E-state index contributed by atoms with van der Waals surface area (Å²) in [6.07, 6.45) is 11.1. The van der Waals surface area contributed by atoms with Crippen LogP contribution in [0.1, 0.15) is 77.6 Å². The molecule has 0 spiro atoms. The first kappa shape index (κ1) is 22.6. The Kier molecular flexibility index (Phi) is 11.1. The molecule has 26 heavy (non-hydrogen) atoms. The Bertz CT molecular complexity index is 483. The van der Waals surface area contributed by atoms with Crippen molar-refractivity contribution in [3.05, 3.63) is 12.2 Å². The third-order valence-electron chi connectivity index (χ3n) is 5.14. The van der Waals surface area contributed by atoms with E-state index in [0.29, 0.717) is 12.8 Å². The van der Waals surface area contributed by atoms with Crippen molar-refractivity contribution in [2.75, 3.05) is 7.11 Å². The number of methoxy groups -OCH3 is 1. The van der Waals surface area contributed by atoms with Gasteiger partial charge in [-0.2, -0.15) is 0 Å². The minimum Gasteiger partial charge on any atom is -0.469 e. The van der Waals surface area contributed by atoms with Crippen LogP contribution < -0.4 is 0 Å². The highest BCUT2D eigenvalue weighted by Gasteiger charge is 2.39. The van der Waals surface area contributed by atoms with Crippen LogP contribution in [0.25, 0.3) is 0 Å². The standard InChI is InChI=1S/C21H34O5/c1-3-4-7-10-16(22)13-14-18-17(19(23)15-20(18)24)11-8-5-6-9-12-21(25)26-2/h13-14,17-18,20,24H,3-12,15H2,1-2H3/t17-,18-,20-/m0/s1. The van der Waals surface area contributed by atoms with Gasteiger partial charge in [0.2, 0.25) is 0 Å². The van der Waals surface area contributed by atoms with E-state index < -0.39 is 6.10 Å². The number of hydrogen-bond acceptors (Lipinski definition) is 5. The molecule has 1 fully saturated rings. The van der Waals surface area contributed by atoms with Crippen LogP contribution in [0, 0.1) is 11.8 Å². The topological polar surface area (TPSA) is 80.7 Å². The Morgan fingerprint density at radius 2 is 1.81 bits per heavy atom. The lowest BCUT2D eigenvalue weighted by Gasteiger charge is -2.17. The summed E-state index contributed by atoms with van der Waals surface area (Å²) in [6.45, 7) is 2.10. The summed E-state index contributed by atoms with van der Waals surface area (Å²) in [5.74, 6) is -0.447. The largest absolute Gasteiger partial charge is 0.469 e. The predicted octanol–water partition coefficient (Wildman–Crippen LogP) is 3.77. The number of unbranched alkanes of at least 4 members (excludes halogenated alkanes) is 5. The summed E-state index contributed by atoms with van der Waals surface area (Å²) in [6, 6.07) is 0. The number of ketones is 2. The van der Waals surface area contributed by atoms with Crippen LogP contribution in [0.3, 0.4) is 0 Å². The number of Topliss-reactive ketones (excluding diaryl/α,β-unsaturated/α-hetero) is 1. The van der Waals surface area contributed by atoms with Crippen molar-refractivity contribution in [2.45, 2.75) is 83.7 Å². The second kappa shape index (κ2) is 12.8. The number of hydrogen-bond donors (Lipinski definition) is 1. The van der Waals surface area contributed by atoms with Crippen LogP contribution in [-0.2, 0) is 19.1 Å². The third kappa shape index (κ3) is 8.26. The van der Waals surface area contributed by atoms with Crippen LogP contribution in [-0.4, -0.2) is 35.9 Å². The van der Waals surface area contributed by atoms with Gasteiger partial charge in [0.05, 0.1) is 13.2 Å². The normalized spacial score (nSPS) is 22.9. The molecule has 0 saturated heterocycles. The van der Waals surface area contributed by atoms with Crippen molar-refractivity contribution in [1.82, 2.24) is 0 Å². The maximum absolute atomic E-state index is 12.2. The lowest BCUT2D eigenvalue weighted by Crippen LogP contribution is -2.19. The van der Waals surface area contributed by atoms with E-state index in [1.807, 2.05) is 0 Å². The van der Waals surface area contributed by atoms with Crippen molar-refractivity contribution in [2.24, 2.45) is 11.8 Å². The first-order valence-electron chi connectivity index (χ1n) is 9.98. The van der Waals surface area contributed by atoms with Gasteiger partial charge in [0.15, 0.2) is 5.78 Å². The second-order valence-corrected chi connectivity index (χ2v) is 7.23. The molecule has 1 aliphatic rings. The summed E-state index contributed by atoms with van der Waals surface area (Å²) in [5.41, 5.74) is 0. The first-order valence-corrected chi connectivity index (χ1v) is 9.98. The fraction of sp³-hybridized carbons (Fsp3) is 0.762. The molecule has 5 heteroatoms. The second-order valence-electron chi connectivity index (χ2n) is 7.23. The number of aliphatic hydroxyl groups excluding tert-OH is 1. The quantitative estimate of drug-likeness (QED) is 0.305. The molecule has 1 aliphatic carbocycles. The number of ether oxygens (including phenoxy) is 1. The molecule has 0 aliphatic heterocycles. The van der Waals surface area contributed by atoms with Crippen LogP contribution in [0.15, 0.2) is 12.2 Å². The monoisotopic (exact) mass is 366 g/mol. The van der Waals surface area contributed by atoms with Crippen LogP contribution in [0.2, 0.25) is 0 Å². The number of carbonyl (C=O) groups excluding carboxylic acids is 3. The molecular formula is C21H34O5. The lowest BCUT2D eigenvalue weighted by molar-refractivity contribution is -0.140. The Morgan fingerprint density at radius 1 is 1.12 bits per heavy atom. The zero-order valence-electron chi connectivity index (χ0n) is 16.2. The fourth-order valence-electron chi connectivity index (χ4n) is 3.53. The Hall–Kier alpha value is -1.49. The maximum atomic E-state index is 12.2. The first-order chi connectivity index (χ1) is 12.5. The number of esters is 1. The summed E-state index contributed by atoms with van der Waals surface area (Å²) >= 11 is 0. The van der Waals surface area contributed by atoms with Gasteiger partial charge in [-0.15, -0.1) is 0 Å². The minimum atomic E-state index is -0.675. The number of rotatable bonds is 13. The molecule has 0 aromatic heterocycles. The Labute approximate surface area is 157 Å². The molecule has 0 amide bonds. The van der Waals surface area contributed by atoms with Gasteiger partial charge in [0.1, 0.15) is 5.78 Å². The van der Waals surface area contributed by atoms with Crippen LogP contribution in [0.5, 0.6) is 0 Å². The Balaban J connectivity index is 2.38. The van der Waals surface area contributed by atoms with Crippen molar-refractivity contribution < 1.29 is 24.2 Å². The molecule has 5 nitrogen and oxygen atoms in total.